The Morgan fingerprint density at radius 2 is 1.49 bits per heavy atom. The molecule has 1 atom stereocenters. The molecule has 0 fully saturated rings. The van der Waals surface area contributed by atoms with Gasteiger partial charge in [0.2, 0.25) is 21.8 Å². The lowest BCUT2D eigenvalue weighted by Crippen LogP contribution is -2.53. The molecule has 0 radical (unpaired) electrons. The molecule has 0 unspecified atom stereocenters. The molecule has 3 aromatic carbocycles. The van der Waals surface area contributed by atoms with Gasteiger partial charge in [-0.1, -0.05) is 84.2 Å². The first-order valence-electron chi connectivity index (χ1n) is 12.3. The number of benzene rings is 3. The molecule has 3 rings (SSSR count). The Labute approximate surface area is 244 Å². The van der Waals surface area contributed by atoms with Crippen LogP contribution < -0.4 is 9.62 Å². The van der Waals surface area contributed by atoms with E-state index in [1.807, 2.05) is 37.3 Å². The van der Waals surface area contributed by atoms with E-state index in [-0.39, 0.29) is 34.6 Å². The lowest BCUT2D eigenvalue weighted by atomic mass is 10.0. The van der Waals surface area contributed by atoms with E-state index in [2.05, 4.69) is 5.32 Å². The molecule has 0 heterocycles. The summed E-state index contributed by atoms with van der Waals surface area (Å²) in [4.78, 5) is 28.8. The molecule has 0 aliphatic rings. The van der Waals surface area contributed by atoms with Crippen molar-refractivity contribution in [3.05, 3.63) is 99.0 Å². The summed E-state index contributed by atoms with van der Waals surface area (Å²) in [6, 6.07) is 19.6. The SMILES string of the molecule is CCCNC(=O)[C@@H](Cc1ccccc1)N(Cc1ccc(Cl)cc1)C(=O)CN(c1cc(Cl)cc(Cl)c1)S(C)(=O)=O. The second-order valence-electron chi connectivity index (χ2n) is 9.04. The predicted octanol–water partition coefficient (Wildman–Crippen LogP) is 5.58. The highest BCUT2D eigenvalue weighted by molar-refractivity contribution is 7.92. The van der Waals surface area contributed by atoms with Gasteiger partial charge in [0.1, 0.15) is 12.6 Å². The summed E-state index contributed by atoms with van der Waals surface area (Å²) < 4.78 is 26.6. The highest BCUT2D eigenvalue weighted by atomic mass is 35.5. The van der Waals surface area contributed by atoms with E-state index in [1.165, 1.54) is 23.1 Å². The fourth-order valence-electron chi connectivity index (χ4n) is 4.00. The fraction of sp³-hybridized carbons (Fsp3) is 0.286. The Kier molecular flexibility index (Phi) is 11.1. The van der Waals surface area contributed by atoms with Crippen LogP contribution in [0.3, 0.4) is 0 Å². The van der Waals surface area contributed by atoms with Crippen molar-refractivity contribution in [1.82, 2.24) is 10.2 Å². The molecule has 0 aromatic heterocycles. The van der Waals surface area contributed by atoms with Gasteiger partial charge in [0, 0.05) is 34.6 Å². The highest BCUT2D eigenvalue weighted by Crippen LogP contribution is 2.27. The van der Waals surface area contributed by atoms with Crippen molar-refractivity contribution in [2.24, 2.45) is 0 Å². The molecule has 0 bridgehead atoms. The second kappa shape index (κ2) is 14.0. The molecular formula is C28H30Cl3N3O4S. The molecule has 2 amide bonds. The van der Waals surface area contributed by atoms with E-state index in [1.54, 1.807) is 24.3 Å². The first kappa shape index (κ1) is 30.8. The number of nitrogens with zero attached hydrogens (tertiary/aromatic N) is 2. The van der Waals surface area contributed by atoms with Gasteiger partial charge in [-0.3, -0.25) is 13.9 Å². The van der Waals surface area contributed by atoms with Crippen molar-refractivity contribution in [3.63, 3.8) is 0 Å². The van der Waals surface area contributed by atoms with E-state index in [0.717, 1.165) is 21.7 Å². The van der Waals surface area contributed by atoms with Crippen molar-refractivity contribution >= 4 is 62.3 Å². The number of sulfonamides is 1. The molecule has 7 nitrogen and oxygen atoms in total. The van der Waals surface area contributed by atoms with E-state index >= 15 is 0 Å². The summed E-state index contributed by atoms with van der Waals surface area (Å²) in [7, 11) is -3.93. The fourth-order valence-corrected chi connectivity index (χ4v) is 5.48. The standard InChI is InChI=1S/C28H30Cl3N3O4S/c1-3-13-32-28(36)26(14-20-7-5-4-6-8-20)33(18-21-9-11-22(29)12-10-21)27(35)19-34(39(2,37)38)25-16-23(30)15-24(31)17-25/h4-12,15-17,26H,3,13-14,18-19H2,1-2H3,(H,32,36)/t26-/m1/s1. The van der Waals surface area contributed by atoms with Gasteiger partial charge in [-0.25, -0.2) is 8.42 Å². The summed E-state index contributed by atoms with van der Waals surface area (Å²) in [5.41, 5.74) is 1.72. The maximum Gasteiger partial charge on any atom is 0.244 e. The van der Waals surface area contributed by atoms with Crippen molar-refractivity contribution in [2.75, 3.05) is 23.7 Å². The minimum Gasteiger partial charge on any atom is -0.354 e. The number of hydrogen-bond acceptors (Lipinski definition) is 4. The van der Waals surface area contributed by atoms with Crippen molar-refractivity contribution in [3.8, 4) is 0 Å². The van der Waals surface area contributed by atoms with Gasteiger partial charge in [0.25, 0.3) is 0 Å². The third-order valence-electron chi connectivity index (χ3n) is 5.90. The van der Waals surface area contributed by atoms with Crippen molar-refractivity contribution < 1.29 is 18.0 Å². The van der Waals surface area contributed by atoms with Crippen LogP contribution in [0.5, 0.6) is 0 Å². The van der Waals surface area contributed by atoms with Crippen LogP contribution in [-0.2, 0) is 32.6 Å². The molecule has 3 aromatic rings. The summed E-state index contributed by atoms with van der Waals surface area (Å²) in [6.07, 6.45) is 1.94. The van der Waals surface area contributed by atoms with Gasteiger partial charge in [-0.05, 0) is 47.9 Å². The average Bonchev–Trinajstić information content (AvgIpc) is 2.88. The lowest BCUT2D eigenvalue weighted by Gasteiger charge is -2.33. The minimum absolute atomic E-state index is 0.0565. The van der Waals surface area contributed by atoms with E-state index in [0.29, 0.717) is 18.0 Å². The number of rotatable bonds is 12. The number of carbonyl (C=O) groups is 2. The smallest absolute Gasteiger partial charge is 0.244 e. The number of amides is 2. The summed E-state index contributed by atoms with van der Waals surface area (Å²) in [5, 5.41) is 3.86. The molecule has 0 spiro atoms. The molecule has 39 heavy (non-hydrogen) atoms. The van der Waals surface area contributed by atoms with Crippen LogP contribution in [0.2, 0.25) is 15.1 Å². The molecule has 0 aliphatic carbocycles. The largest absolute Gasteiger partial charge is 0.354 e. The van der Waals surface area contributed by atoms with Gasteiger partial charge in [-0.15, -0.1) is 0 Å². The average molecular weight is 611 g/mol. The van der Waals surface area contributed by atoms with Crippen LogP contribution in [0.1, 0.15) is 24.5 Å². The van der Waals surface area contributed by atoms with Gasteiger partial charge in [-0.2, -0.15) is 0 Å². The maximum absolute atomic E-state index is 14.0. The number of hydrogen-bond donors (Lipinski definition) is 1. The Morgan fingerprint density at radius 1 is 0.872 bits per heavy atom. The summed E-state index contributed by atoms with van der Waals surface area (Å²) in [5.74, 6) is -0.904. The number of anilines is 1. The zero-order valence-corrected chi connectivity index (χ0v) is 24.7. The van der Waals surface area contributed by atoms with Gasteiger partial charge in [0.15, 0.2) is 0 Å². The van der Waals surface area contributed by atoms with Crippen LogP contribution >= 0.6 is 34.8 Å². The van der Waals surface area contributed by atoms with Crippen LogP contribution in [0.4, 0.5) is 5.69 Å². The van der Waals surface area contributed by atoms with Crippen LogP contribution in [-0.4, -0.2) is 50.5 Å². The molecule has 208 valence electrons. The highest BCUT2D eigenvalue weighted by Gasteiger charge is 2.33. The summed E-state index contributed by atoms with van der Waals surface area (Å²) in [6.45, 7) is 1.86. The monoisotopic (exact) mass is 609 g/mol. The van der Waals surface area contributed by atoms with E-state index in [4.69, 9.17) is 34.8 Å². The molecular weight excluding hydrogens is 581 g/mol. The second-order valence-corrected chi connectivity index (χ2v) is 12.3. The zero-order chi connectivity index (χ0) is 28.6. The number of carbonyl (C=O) groups excluding carboxylic acids is 2. The third kappa shape index (κ3) is 9.14. The van der Waals surface area contributed by atoms with Crippen molar-refractivity contribution in [1.29, 1.82) is 0 Å². The first-order chi connectivity index (χ1) is 18.5. The third-order valence-corrected chi connectivity index (χ3v) is 7.73. The number of halogens is 3. The van der Waals surface area contributed by atoms with Gasteiger partial charge < -0.3 is 10.2 Å². The molecule has 0 saturated carbocycles. The zero-order valence-electron chi connectivity index (χ0n) is 21.6. The first-order valence-corrected chi connectivity index (χ1v) is 15.3. The topological polar surface area (TPSA) is 86.8 Å². The Hall–Kier alpha value is -2.78. The normalized spacial score (nSPS) is 12.0. The Balaban J connectivity index is 2.05. The Morgan fingerprint density at radius 3 is 2.05 bits per heavy atom. The summed E-state index contributed by atoms with van der Waals surface area (Å²) >= 11 is 18.3. The number of nitrogens with one attached hydrogen (secondary N) is 1. The van der Waals surface area contributed by atoms with E-state index in [9.17, 15) is 18.0 Å². The minimum atomic E-state index is -3.93. The van der Waals surface area contributed by atoms with Crippen LogP contribution in [0.25, 0.3) is 0 Å². The van der Waals surface area contributed by atoms with Gasteiger partial charge in [0.05, 0.1) is 11.9 Å². The molecule has 1 N–H and O–H groups in total. The van der Waals surface area contributed by atoms with E-state index < -0.39 is 28.5 Å². The van der Waals surface area contributed by atoms with Gasteiger partial charge >= 0.3 is 0 Å². The van der Waals surface area contributed by atoms with Crippen LogP contribution in [0.15, 0.2) is 72.8 Å². The van der Waals surface area contributed by atoms with Crippen molar-refractivity contribution in [2.45, 2.75) is 32.4 Å². The molecule has 11 heteroatoms. The quantitative estimate of drug-likeness (QED) is 0.290. The van der Waals surface area contributed by atoms with Crippen LogP contribution in [0, 0.1) is 0 Å². The maximum atomic E-state index is 14.0. The predicted molar refractivity (Wildman–Crippen MR) is 158 cm³/mol. The molecule has 0 saturated heterocycles. The Bertz CT molecular complexity index is 1370. The lowest BCUT2D eigenvalue weighted by molar-refractivity contribution is -0.140. The molecule has 0 aliphatic heterocycles.